The number of amides is 1. The van der Waals surface area contributed by atoms with Crippen molar-refractivity contribution in [2.75, 3.05) is 11.9 Å². The summed E-state index contributed by atoms with van der Waals surface area (Å²) in [6.07, 6.45) is 3.53. The molecule has 2 aromatic rings. The molecule has 19 heavy (non-hydrogen) atoms. The quantitative estimate of drug-likeness (QED) is 0.853. The van der Waals surface area contributed by atoms with Gasteiger partial charge in [0.25, 0.3) is 5.91 Å². The molecule has 0 spiro atoms. The lowest BCUT2D eigenvalue weighted by molar-refractivity contribution is 0.0919. The van der Waals surface area contributed by atoms with Crippen LogP contribution in [0.4, 0.5) is 0 Å². The standard InChI is InChI=1S/C15H16BrNO2/c16-8-7-15(5-6-15)10-17-14(18)13-9-11-3-1-2-4-12(11)19-13/h1-4,9H,5-8,10H2,(H,17,18). The number of hydrogen-bond acceptors (Lipinski definition) is 2. The molecule has 1 amide bonds. The van der Waals surface area contributed by atoms with Gasteiger partial charge in [0.1, 0.15) is 5.58 Å². The van der Waals surface area contributed by atoms with Gasteiger partial charge in [-0.2, -0.15) is 0 Å². The van der Waals surface area contributed by atoms with Crippen molar-refractivity contribution in [3.8, 4) is 0 Å². The summed E-state index contributed by atoms with van der Waals surface area (Å²) in [5.74, 6) is 0.285. The van der Waals surface area contributed by atoms with Crippen LogP contribution in [0, 0.1) is 5.41 Å². The van der Waals surface area contributed by atoms with Crippen molar-refractivity contribution >= 4 is 32.8 Å². The van der Waals surface area contributed by atoms with Gasteiger partial charge in [-0.15, -0.1) is 0 Å². The molecule has 1 aromatic heterocycles. The van der Waals surface area contributed by atoms with Crippen molar-refractivity contribution in [2.45, 2.75) is 19.3 Å². The van der Waals surface area contributed by atoms with Crippen molar-refractivity contribution < 1.29 is 9.21 Å². The predicted octanol–water partition coefficient (Wildman–Crippen LogP) is 3.73. The minimum atomic E-state index is -0.114. The van der Waals surface area contributed by atoms with Crippen LogP contribution in [0.5, 0.6) is 0 Å². The Balaban J connectivity index is 1.67. The number of alkyl halides is 1. The van der Waals surface area contributed by atoms with Crippen LogP contribution in [0.2, 0.25) is 0 Å². The Morgan fingerprint density at radius 3 is 2.84 bits per heavy atom. The molecule has 4 heteroatoms. The highest BCUT2D eigenvalue weighted by molar-refractivity contribution is 9.09. The summed E-state index contributed by atoms with van der Waals surface area (Å²) >= 11 is 3.47. The van der Waals surface area contributed by atoms with E-state index in [1.807, 2.05) is 24.3 Å². The second kappa shape index (κ2) is 5.00. The molecule has 0 aliphatic heterocycles. The molecular weight excluding hydrogens is 306 g/mol. The van der Waals surface area contributed by atoms with E-state index < -0.39 is 0 Å². The van der Waals surface area contributed by atoms with E-state index >= 15 is 0 Å². The van der Waals surface area contributed by atoms with Crippen LogP contribution in [0.3, 0.4) is 0 Å². The SMILES string of the molecule is O=C(NCC1(CCBr)CC1)c1cc2ccccc2o1. The Kier molecular flexibility index (Phi) is 3.35. The molecule has 1 aromatic carbocycles. The van der Waals surface area contributed by atoms with Crippen molar-refractivity contribution in [3.63, 3.8) is 0 Å². The molecule has 1 heterocycles. The van der Waals surface area contributed by atoms with Gasteiger partial charge in [0.2, 0.25) is 0 Å². The van der Waals surface area contributed by atoms with E-state index in [-0.39, 0.29) is 5.91 Å². The summed E-state index contributed by atoms with van der Waals surface area (Å²) in [5, 5.41) is 4.95. The van der Waals surface area contributed by atoms with Gasteiger partial charge in [-0.05, 0) is 36.8 Å². The van der Waals surface area contributed by atoms with Gasteiger partial charge in [0, 0.05) is 17.3 Å². The Bertz CT molecular complexity index is 568. The Hall–Kier alpha value is -1.29. The number of fused-ring (bicyclic) bond motifs is 1. The summed E-state index contributed by atoms with van der Waals surface area (Å²) in [6, 6.07) is 9.47. The Morgan fingerprint density at radius 1 is 1.37 bits per heavy atom. The van der Waals surface area contributed by atoms with E-state index in [2.05, 4.69) is 21.2 Å². The number of rotatable bonds is 5. The van der Waals surface area contributed by atoms with Crippen LogP contribution in [0.1, 0.15) is 29.8 Å². The molecule has 0 unspecified atom stereocenters. The van der Waals surface area contributed by atoms with E-state index in [0.717, 1.165) is 29.3 Å². The average Bonchev–Trinajstić information content (AvgIpc) is 3.04. The molecule has 1 saturated carbocycles. The summed E-state index contributed by atoms with van der Waals surface area (Å²) in [7, 11) is 0. The van der Waals surface area contributed by atoms with Crippen molar-refractivity contribution in [2.24, 2.45) is 5.41 Å². The van der Waals surface area contributed by atoms with Crippen LogP contribution >= 0.6 is 15.9 Å². The normalized spacial score (nSPS) is 16.5. The lowest BCUT2D eigenvalue weighted by atomic mass is 10.0. The zero-order valence-corrected chi connectivity index (χ0v) is 12.2. The highest BCUT2D eigenvalue weighted by Crippen LogP contribution is 2.48. The molecule has 3 rings (SSSR count). The number of nitrogens with one attached hydrogen (secondary N) is 1. The molecular formula is C15H16BrNO2. The van der Waals surface area contributed by atoms with E-state index in [9.17, 15) is 4.79 Å². The molecule has 3 nitrogen and oxygen atoms in total. The highest BCUT2D eigenvalue weighted by atomic mass is 79.9. The number of halogens is 1. The molecule has 1 aliphatic carbocycles. The zero-order chi connectivity index (χ0) is 13.3. The lowest BCUT2D eigenvalue weighted by Gasteiger charge is -2.13. The highest BCUT2D eigenvalue weighted by Gasteiger charge is 2.41. The summed E-state index contributed by atoms with van der Waals surface area (Å²) in [6.45, 7) is 0.745. The van der Waals surface area contributed by atoms with E-state index in [1.54, 1.807) is 6.07 Å². The predicted molar refractivity (Wildman–Crippen MR) is 78.6 cm³/mol. The maximum absolute atomic E-state index is 12.1. The average molecular weight is 322 g/mol. The minimum Gasteiger partial charge on any atom is -0.451 e. The zero-order valence-electron chi connectivity index (χ0n) is 10.6. The summed E-state index contributed by atoms with van der Waals surface area (Å²) in [5.41, 5.74) is 1.08. The number of benzene rings is 1. The maximum atomic E-state index is 12.1. The molecule has 0 bridgehead atoms. The third kappa shape index (κ3) is 2.68. The van der Waals surface area contributed by atoms with Crippen LogP contribution in [-0.2, 0) is 0 Å². The fourth-order valence-corrected chi connectivity index (χ4v) is 3.18. The molecule has 100 valence electrons. The number of carbonyl (C=O) groups excluding carboxylic acids is 1. The Labute approximate surface area is 120 Å². The van der Waals surface area contributed by atoms with Gasteiger partial charge in [0.05, 0.1) is 0 Å². The molecule has 1 N–H and O–H groups in total. The van der Waals surface area contributed by atoms with Crippen molar-refractivity contribution in [3.05, 3.63) is 36.1 Å². The molecule has 0 atom stereocenters. The first-order valence-electron chi connectivity index (χ1n) is 6.55. The Morgan fingerprint density at radius 2 is 2.16 bits per heavy atom. The van der Waals surface area contributed by atoms with Gasteiger partial charge in [-0.25, -0.2) is 0 Å². The topological polar surface area (TPSA) is 42.2 Å². The van der Waals surface area contributed by atoms with Gasteiger partial charge >= 0.3 is 0 Å². The van der Waals surface area contributed by atoms with Crippen LogP contribution in [0.15, 0.2) is 34.7 Å². The third-order valence-electron chi connectivity index (χ3n) is 3.86. The largest absolute Gasteiger partial charge is 0.451 e. The second-order valence-corrected chi connectivity index (χ2v) is 6.06. The van der Waals surface area contributed by atoms with Crippen LogP contribution < -0.4 is 5.32 Å². The van der Waals surface area contributed by atoms with Crippen molar-refractivity contribution in [1.82, 2.24) is 5.32 Å². The van der Waals surface area contributed by atoms with Gasteiger partial charge in [-0.1, -0.05) is 34.1 Å². The van der Waals surface area contributed by atoms with Gasteiger partial charge < -0.3 is 9.73 Å². The van der Waals surface area contributed by atoms with Gasteiger partial charge in [0.15, 0.2) is 5.76 Å². The van der Waals surface area contributed by atoms with Crippen molar-refractivity contribution in [1.29, 1.82) is 0 Å². The van der Waals surface area contributed by atoms with Crippen LogP contribution in [-0.4, -0.2) is 17.8 Å². The number of hydrogen-bond donors (Lipinski definition) is 1. The first-order chi connectivity index (χ1) is 9.22. The lowest BCUT2D eigenvalue weighted by Crippen LogP contribution is -2.30. The molecule has 0 saturated heterocycles. The number of furan rings is 1. The second-order valence-electron chi connectivity index (χ2n) is 5.27. The minimum absolute atomic E-state index is 0.114. The maximum Gasteiger partial charge on any atom is 0.287 e. The molecule has 1 fully saturated rings. The fourth-order valence-electron chi connectivity index (χ4n) is 2.34. The molecule has 0 radical (unpaired) electrons. The molecule has 1 aliphatic rings. The number of carbonyl (C=O) groups is 1. The first-order valence-corrected chi connectivity index (χ1v) is 7.67. The fraction of sp³-hybridized carbons (Fsp3) is 0.400. The van der Waals surface area contributed by atoms with E-state index in [4.69, 9.17) is 4.42 Å². The first kappa shape index (κ1) is 12.7. The summed E-state index contributed by atoms with van der Waals surface area (Å²) < 4.78 is 5.55. The van der Waals surface area contributed by atoms with Crippen LogP contribution in [0.25, 0.3) is 11.0 Å². The summed E-state index contributed by atoms with van der Waals surface area (Å²) in [4.78, 5) is 12.1. The monoisotopic (exact) mass is 321 g/mol. The smallest absolute Gasteiger partial charge is 0.287 e. The van der Waals surface area contributed by atoms with E-state index in [1.165, 1.54) is 12.8 Å². The third-order valence-corrected chi connectivity index (χ3v) is 4.25. The van der Waals surface area contributed by atoms with Gasteiger partial charge in [-0.3, -0.25) is 4.79 Å². The van der Waals surface area contributed by atoms with E-state index in [0.29, 0.717) is 11.2 Å². The number of para-hydroxylation sites is 1.